The van der Waals surface area contributed by atoms with Crippen molar-refractivity contribution in [3.05, 3.63) is 77.0 Å². The Balaban J connectivity index is 1.95. The van der Waals surface area contributed by atoms with Crippen molar-refractivity contribution in [1.29, 1.82) is 0 Å². The molecule has 0 saturated heterocycles. The number of rotatable bonds is 4. The number of likely N-dealkylation sites (N-methyl/N-ethyl adjacent to an activating group) is 1. The Labute approximate surface area is 152 Å². The summed E-state index contributed by atoms with van der Waals surface area (Å²) in [4.78, 5) is 26.1. The highest BCUT2D eigenvalue weighted by Crippen LogP contribution is 2.31. The molecule has 0 radical (unpaired) electrons. The molecule has 0 fully saturated rings. The van der Waals surface area contributed by atoms with Gasteiger partial charge in [0.05, 0.1) is 18.3 Å². The summed E-state index contributed by atoms with van der Waals surface area (Å²) >= 11 is 0. The van der Waals surface area contributed by atoms with E-state index in [4.69, 9.17) is 9.47 Å². The summed E-state index contributed by atoms with van der Waals surface area (Å²) in [6, 6.07) is 16.8. The maximum atomic E-state index is 12.5. The monoisotopic (exact) mass is 349 g/mol. The van der Waals surface area contributed by atoms with E-state index in [-0.39, 0.29) is 11.5 Å². The molecule has 1 aliphatic heterocycles. The van der Waals surface area contributed by atoms with Crippen molar-refractivity contribution in [2.75, 3.05) is 14.2 Å². The van der Waals surface area contributed by atoms with Gasteiger partial charge in [-0.2, -0.15) is 0 Å². The number of hydrogen-bond acceptors (Lipinski definition) is 4. The molecule has 0 atom stereocenters. The summed E-state index contributed by atoms with van der Waals surface area (Å²) in [6.07, 6.45) is 1.68. The third-order valence-corrected chi connectivity index (χ3v) is 4.21. The molecule has 3 rings (SSSR count). The Bertz CT molecular complexity index is 913. The minimum Gasteiger partial charge on any atom is -0.465 e. The van der Waals surface area contributed by atoms with E-state index < -0.39 is 5.97 Å². The maximum absolute atomic E-state index is 12.5. The molecule has 5 heteroatoms. The zero-order chi connectivity index (χ0) is 18.7. The minimum atomic E-state index is -0.525. The molecule has 0 N–H and O–H groups in total. The predicted octanol–water partition coefficient (Wildman–Crippen LogP) is 3.78. The standard InChI is InChI=1S/C21H19NO4/c1-14-19(21(24)25-3)18(20(23)22(14)2)13-15-8-7-11-17(12-15)26-16-9-5-4-6-10-16/h4-13H,1-3H3/b18-13-. The fraction of sp³-hybridized carbons (Fsp3) is 0.143. The average Bonchev–Trinajstić information content (AvgIpc) is 2.86. The SMILES string of the molecule is COC(=O)C1=C(C)N(C)C(=O)/C1=C\c1cccc(Oc2ccccc2)c1. The molecule has 0 unspecified atom stereocenters. The van der Waals surface area contributed by atoms with Gasteiger partial charge >= 0.3 is 5.97 Å². The van der Waals surface area contributed by atoms with Crippen molar-refractivity contribution in [2.45, 2.75) is 6.92 Å². The molecule has 26 heavy (non-hydrogen) atoms. The van der Waals surface area contributed by atoms with Crippen molar-refractivity contribution in [3.63, 3.8) is 0 Å². The number of carbonyl (C=O) groups excluding carboxylic acids is 2. The zero-order valence-electron chi connectivity index (χ0n) is 14.9. The topological polar surface area (TPSA) is 55.8 Å². The quantitative estimate of drug-likeness (QED) is 0.623. The van der Waals surface area contributed by atoms with Gasteiger partial charge in [-0.05, 0) is 42.8 Å². The fourth-order valence-electron chi connectivity index (χ4n) is 2.76. The number of methoxy groups -OCH3 is 1. The minimum absolute atomic E-state index is 0.239. The molecule has 0 bridgehead atoms. The summed E-state index contributed by atoms with van der Waals surface area (Å²) in [5.74, 6) is 0.602. The van der Waals surface area contributed by atoms with Gasteiger partial charge in [-0.3, -0.25) is 4.79 Å². The normalized spacial score (nSPS) is 15.6. The van der Waals surface area contributed by atoms with Crippen LogP contribution in [-0.4, -0.2) is 30.9 Å². The third kappa shape index (κ3) is 3.37. The van der Waals surface area contributed by atoms with Crippen LogP contribution in [0, 0.1) is 0 Å². The molecule has 1 aliphatic rings. The first-order valence-corrected chi connectivity index (χ1v) is 8.13. The molecule has 5 nitrogen and oxygen atoms in total. The second kappa shape index (κ2) is 7.27. The molecule has 0 aliphatic carbocycles. The number of carbonyl (C=O) groups is 2. The van der Waals surface area contributed by atoms with Gasteiger partial charge < -0.3 is 14.4 Å². The lowest BCUT2D eigenvalue weighted by molar-refractivity contribution is -0.136. The molecule has 0 saturated carbocycles. The average molecular weight is 349 g/mol. The Morgan fingerprint density at radius 2 is 1.73 bits per heavy atom. The predicted molar refractivity (Wildman–Crippen MR) is 98.4 cm³/mol. The third-order valence-electron chi connectivity index (χ3n) is 4.21. The van der Waals surface area contributed by atoms with Gasteiger partial charge in [0, 0.05) is 12.7 Å². The zero-order valence-corrected chi connectivity index (χ0v) is 14.9. The second-order valence-electron chi connectivity index (χ2n) is 5.86. The Morgan fingerprint density at radius 3 is 2.42 bits per heavy atom. The molecule has 1 amide bonds. The van der Waals surface area contributed by atoms with Gasteiger partial charge in [-0.15, -0.1) is 0 Å². The Morgan fingerprint density at radius 1 is 1.04 bits per heavy atom. The number of ether oxygens (including phenoxy) is 2. The van der Waals surface area contributed by atoms with Crippen molar-refractivity contribution in [1.82, 2.24) is 4.90 Å². The first kappa shape index (κ1) is 17.5. The molecular weight excluding hydrogens is 330 g/mol. The number of esters is 1. The van der Waals surface area contributed by atoms with Crippen molar-refractivity contribution in [2.24, 2.45) is 0 Å². The largest absolute Gasteiger partial charge is 0.465 e. The van der Waals surface area contributed by atoms with E-state index in [0.717, 1.165) is 11.3 Å². The molecule has 2 aromatic carbocycles. The first-order chi connectivity index (χ1) is 12.5. The van der Waals surface area contributed by atoms with Gasteiger partial charge in [0.2, 0.25) is 0 Å². The molecular formula is C21H19NO4. The van der Waals surface area contributed by atoms with E-state index in [1.807, 2.05) is 54.6 Å². The van der Waals surface area contributed by atoms with Crippen LogP contribution in [0.1, 0.15) is 12.5 Å². The van der Waals surface area contributed by atoms with Crippen LogP contribution >= 0.6 is 0 Å². The van der Waals surface area contributed by atoms with Gasteiger partial charge in [-0.1, -0.05) is 30.3 Å². The van der Waals surface area contributed by atoms with Crippen LogP contribution in [-0.2, 0) is 14.3 Å². The van der Waals surface area contributed by atoms with E-state index in [1.165, 1.54) is 12.0 Å². The number of para-hydroxylation sites is 1. The van der Waals surface area contributed by atoms with Crippen molar-refractivity contribution in [3.8, 4) is 11.5 Å². The lowest BCUT2D eigenvalue weighted by Crippen LogP contribution is -2.19. The fourth-order valence-corrected chi connectivity index (χ4v) is 2.76. The van der Waals surface area contributed by atoms with Gasteiger partial charge in [-0.25, -0.2) is 4.79 Å². The number of nitrogens with zero attached hydrogens (tertiary/aromatic N) is 1. The van der Waals surface area contributed by atoms with E-state index in [2.05, 4.69) is 0 Å². The van der Waals surface area contributed by atoms with Crippen molar-refractivity contribution < 1.29 is 19.1 Å². The highest BCUT2D eigenvalue weighted by atomic mass is 16.5. The van der Waals surface area contributed by atoms with Gasteiger partial charge in [0.1, 0.15) is 11.5 Å². The smallest absolute Gasteiger partial charge is 0.340 e. The van der Waals surface area contributed by atoms with Crippen LogP contribution in [0.2, 0.25) is 0 Å². The number of hydrogen-bond donors (Lipinski definition) is 0. The van der Waals surface area contributed by atoms with Crippen LogP contribution in [0.4, 0.5) is 0 Å². The van der Waals surface area contributed by atoms with Gasteiger partial charge in [0.15, 0.2) is 0 Å². The molecule has 1 heterocycles. The van der Waals surface area contributed by atoms with Crippen LogP contribution in [0.3, 0.4) is 0 Å². The Kier molecular flexibility index (Phi) is 4.89. The summed E-state index contributed by atoms with van der Waals surface area (Å²) in [5, 5.41) is 0. The van der Waals surface area contributed by atoms with Crippen LogP contribution in [0.15, 0.2) is 71.4 Å². The summed E-state index contributed by atoms with van der Waals surface area (Å²) in [7, 11) is 2.94. The highest BCUT2D eigenvalue weighted by Gasteiger charge is 2.34. The first-order valence-electron chi connectivity index (χ1n) is 8.13. The van der Waals surface area contributed by atoms with E-state index in [1.54, 1.807) is 20.0 Å². The van der Waals surface area contributed by atoms with Crippen LogP contribution in [0.5, 0.6) is 11.5 Å². The van der Waals surface area contributed by atoms with E-state index in [0.29, 0.717) is 17.0 Å². The maximum Gasteiger partial charge on any atom is 0.340 e. The Hall–Kier alpha value is -3.34. The summed E-state index contributed by atoms with van der Waals surface area (Å²) in [5.41, 5.74) is 1.93. The molecule has 0 aromatic heterocycles. The van der Waals surface area contributed by atoms with E-state index in [9.17, 15) is 9.59 Å². The summed E-state index contributed by atoms with van der Waals surface area (Å²) < 4.78 is 10.7. The van der Waals surface area contributed by atoms with Gasteiger partial charge in [0.25, 0.3) is 5.91 Å². The summed E-state index contributed by atoms with van der Waals surface area (Å²) in [6.45, 7) is 1.72. The lowest BCUT2D eigenvalue weighted by atomic mass is 10.0. The van der Waals surface area contributed by atoms with Crippen molar-refractivity contribution >= 4 is 18.0 Å². The van der Waals surface area contributed by atoms with Crippen LogP contribution in [0.25, 0.3) is 6.08 Å². The van der Waals surface area contributed by atoms with Crippen LogP contribution < -0.4 is 4.74 Å². The molecule has 132 valence electrons. The molecule has 2 aromatic rings. The number of benzene rings is 2. The molecule has 0 spiro atoms. The van der Waals surface area contributed by atoms with E-state index >= 15 is 0 Å². The highest BCUT2D eigenvalue weighted by molar-refractivity contribution is 6.16. The number of allylic oxidation sites excluding steroid dienone is 1. The lowest BCUT2D eigenvalue weighted by Gasteiger charge is -2.09. The second-order valence-corrected chi connectivity index (χ2v) is 5.86. The number of amides is 1.